The molecule has 0 aromatic carbocycles. The number of anilines is 2. The quantitative estimate of drug-likeness (QED) is 0.690. The summed E-state index contributed by atoms with van der Waals surface area (Å²) >= 11 is 0. The van der Waals surface area contributed by atoms with Gasteiger partial charge in [-0.05, 0) is 12.5 Å². The fraction of sp³-hybridized carbons (Fsp3) is 0.364. The fourth-order valence-corrected chi connectivity index (χ4v) is 1.76. The van der Waals surface area contributed by atoms with E-state index in [2.05, 4.69) is 15.6 Å². The Morgan fingerprint density at radius 3 is 3.18 bits per heavy atom. The highest BCUT2D eigenvalue weighted by molar-refractivity contribution is 5.78. The Balaban J connectivity index is 2.00. The van der Waals surface area contributed by atoms with Crippen LogP contribution in [-0.4, -0.2) is 23.5 Å². The first-order chi connectivity index (χ1) is 8.20. The van der Waals surface area contributed by atoms with E-state index in [1.165, 1.54) is 6.20 Å². The van der Waals surface area contributed by atoms with Gasteiger partial charge in [0.15, 0.2) is 5.82 Å². The van der Waals surface area contributed by atoms with E-state index in [1.54, 1.807) is 6.07 Å². The van der Waals surface area contributed by atoms with Gasteiger partial charge in [-0.2, -0.15) is 5.26 Å². The van der Waals surface area contributed by atoms with Gasteiger partial charge >= 0.3 is 0 Å². The molecule has 0 spiro atoms. The molecule has 6 nitrogen and oxygen atoms in total. The number of amides is 1. The molecule has 1 aliphatic heterocycles. The smallest absolute Gasteiger partial charge is 0.220 e. The molecule has 0 bridgehead atoms. The average molecular weight is 231 g/mol. The Labute approximate surface area is 98.8 Å². The number of pyridine rings is 1. The van der Waals surface area contributed by atoms with Crippen molar-refractivity contribution in [3.05, 3.63) is 17.8 Å². The number of nitrogens with two attached hydrogens (primary N) is 1. The summed E-state index contributed by atoms with van der Waals surface area (Å²) in [6.07, 6.45) is 2.90. The first-order valence-electron chi connectivity index (χ1n) is 5.38. The summed E-state index contributed by atoms with van der Waals surface area (Å²) in [4.78, 5) is 15.1. The number of aromatic nitrogens is 1. The Morgan fingerprint density at radius 1 is 1.71 bits per heavy atom. The maximum atomic E-state index is 11.0. The first kappa shape index (κ1) is 11.2. The van der Waals surface area contributed by atoms with Crippen molar-refractivity contribution in [1.82, 2.24) is 10.3 Å². The second-order valence-electron chi connectivity index (χ2n) is 3.92. The van der Waals surface area contributed by atoms with Gasteiger partial charge < -0.3 is 16.4 Å². The zero-order chi connectivity index (χ0) is 12.3. The third kappa shape index (κ3) is 2.45. The zero-order valence-corrected chi connectivity index (χ0v) is 9.23. The summed E-state index contributed by atoms with van der Waals surface area (Å²) in [6, 6.07) is 3.67. The number of carbonyl (C=O) groups is 1. The lowest BCUT2D eigenvalue weighted by Gasteiger charge is -2.13. The van der Waals surface area contributed by atoms with Crippen molar-refractivity contribution in [2.45, 2.75) is 18.9 Å². The van der Waals surface area contributed by atoms with Crippen LogP contribution in [0.5, 0.6) is 0 Å². The summed E-state index contributed by atoms with van der Waals surface area (Å²) in [5, 5.41) is 14.7. The van der Waals surface area contributed by atoms with Gasteiger partial charge in [-0.1, -0.05) is 0 Å². The summed E-state index contributed by atoms with van der Waals surface area (Å²) < 4.78 is 0. The number of nitrogens with zero attached hydrogens (tertiary/aromatic N) is 2. The largest absolute Gasteiger partial charge is 0.395 e. The molecule has 1 amide bonds. The highest BCUT2D eigenvalue weighted by Gasteiger charge is 2.20. The van der Waals surface area contributed by atoms with Crippen LogP contribution in [0.4, 0.5) is 11.5 Å². The molecule has 1 saturated heterocycles. The monoisotopic (exact) mass is 231 g/mol. The van der Waals surface area contributed by atoms with Crippen LogP contribution in [-0.2, 0) is 4.79 Å². The molecule has 6 heteroatoms. The molecule has 88 valence electrons. The fourth-order valence-electron chi connectivity index (χ4n) is 1.76. The molecule has 0 aliphatic carbocycles. The van der Waals surface area contributed by atoms with E-state index in [0.717, 1.165) is 6.42 Å². The standard InChI is InChI=1S/C11H13N5O/c12-5-7-3-4-14-11(10(7)13)15-6-8-1-2-9(17)16-8/h3-4,8H,1-2,6,13H2,(H,14,15)(H,16,17). The van der Waals surface area contributed by atoms with Gasteiger partial charge in [-0.25, -0.2) is 4.98 Å². The molecule has 0 saturated carbocycles. The summed E-state index contributed by atoms with van der Waals surface area (Å²) in [7, 11) is 0. The van der Waals surface area contributed by atoms with Gasteiger partial charge in [0.05, 0.1) is 11.3 Å². The molecule has 0 radical (unpaired) electrons. The predicted octanol–water partition coefficient (Wildman–Crippen LogP) is 0.226. The minimum atomic E-state index is 0.0727. The van der Waals surface area contributed by atoms with Gasteiger partial charge in [0.2, 0.25) is 5.91 Å². The van der Waals surface area contributed by atoms with Gasteiger partial charge in [0.1, 0.15) is 6.07 Å². The molecule has 1 aromatic heterocycles. The van der Waals surface area contributed by atoms with Crippen molar-refractivity contribution in [2.24, 2.45) is 0 Å². The average Bonchev–Trinajstić information content (AvgIpc) is 2.74. The molecule has 4 N–H and O–H groups in total. The highest BCUT2D eigenvalue weighted by atomic mass is 16.1. The van der Waals surface area contributed by atoms with Crippen LogP contribution in [0.2, 0.25) is 0 Å². The van der Waals surface area contributed by atoms with E-state index in [-0.39, 0.29) is 11.9 Å². The van der Waals surface area contributed by atoms with Crippen molar-refractivity contribution in [1.29, 1.82) is 5.26 Å². The lowest BCUT2D eigenvalue weighted by atomic mass is 10.2. The van der Waals surface area contributed by atoms with E-state index in [4.69, 9.17) is 11.0 Å². The molecule has 1 aromatic rings. The van der Waals surface area contributed by atoms with Gasteiger partial charge in [0.25, 0.3) is 0 Å². The lowest BCUT2D eigenvalue weighted by Crippen LogP contribution is -2.32. The van der Waals surface area contributed by atoms with Crippen molar-refractivity contribution in [2.75, 3.05) is 17.6 Å². The SMILES string of the molecule is N#Cc1ccnc(NCC2CCC(=O)N2)c1N. The molecule has 17 heavy (non-hydrogen) atoms. The maximum absolute atomic E-state index is 11.0. The maximum Gasteiger partial charge on any atom is 0.220 e. The molecule has 1 unspecified atom stereocenters. The molecule has 2 heterocycles. The molecule has 1 aliphatic rings. The molecule has 1 fully saturated rings. The number of nitrogen functional groups attached to an aromatic ring is 1. The van der Waals surface area contributed by atoms with E-state index >= 15 is 0 Å². The van der Waals surface area contributed by atoms with Gasteiger partial charge in [-0.15, -0.1) is 0 Å². The lowest BCUT2D eigenvalue weighted by molar-refractivity contribution is -0.119. The topological polar surface area (TPSA) is 104 Å². The van der Waals surface area contributed by atoms with Gasteiger partial charge in [0, 0.05) is 25.2 Å². The van der Waals surface area contributed by atoms with E-state index in [0.29, 0.717) is 30.0 Å². The second-order valence-corrected chi connectivity index (χ2v) is 3.92. The second kappa shape index (κ2) is 4.70. The van der Waals surface area contributed by atoms with Crippen molar-refractivity contribution >= 4 is 17.4 Å². The van der Waals surface area contributed by atoms with E-state index in [1.807, 2.05) is 6.07 Å². The number of rotatable bonds is 3. The number of hydrogen-bond acceptors (Lipinski definition) is 5. The minimum absolute atomic E-state index is 0.0727. The number of nitrogens with one attached hydrogen (secondary N) is 2. The van der Waals surface area contributed by atoms with Crippen LogP contribution < -0.4 is 16.4 Å². The number of hydrogen-bond donors (Lipinski definition) is 3. The van der Waals surface area contributed by atoms with Crippen molar-refractivity contribution in [3.63, 3.8) is 0 Å². The highest BCUT2D eigenvalue weighted by Crippen LogP contribution is 2.19. The van der Waals surface area contributed by atoms with Crippen LogP contribution in [0.1, 0.15) is 18.4 Å². The zero-order valence-electron chi connectivity index (χ0n) is 9.23. The first-order valence-corrected chi connectivity index (χ1v) is 5.38. The Kier molecular flexibility index (Phi) is 3.10. The van der Waals surface area contributed by atoms with Gasteiger partial charge in [-0.3, -0.25) is 4.79 Å². The summed E-state index contributed by atoms with van der Waals surface area (Å²) in [6.45, 7) is 0.567. The minimum Gasteiger partial charge on any atom is -0.395 e. The third-order valence-electron chi connectivity index (χ3n) is 2.71. The summed E-state index contributed by atoms with van der Waals surface area (Å²) in [5.41, 5.74) is 6.52. The van der Waals surface area contributed by atoms with E-state index < -0.39 is 0 Å². The number of carbonyl (C=O) groups excluding carboxylic acids is 1. The Bertz CT molecular complexity index is 479. The Hall–Kier alpha value is -2.29. The number of nitriles is 1. The molecular weight excluding hydrogens is 218 g/mol. The third-order valence-corrected chi connectivity index (χ3v) is 2.71. The van der Waals surface area contributed by atoms with Crippen LogP contribution in [0.25, 0.3) is 0 Å². The van der Waals surface area contributed by atoms with Crippen molar-refractivity contribution in [3.8, 4) is 6.07 Å². The molecule has 2 rings (SSSR count). The predicted molar refractivity (Wildman–Crippen MR) is 63.0 cm³/mol. The van der Waals surface area contributed by atoms with Crippen LogP contribution in [0.3, 0.4) is 0 Å². The Morgan fingerprint density at radius 2 is 2.53 bits per heavy atom. The molecule has 1 atom stereocenters. The van der Waals surface area contributed by atoms with E-state index in [9.17, 15) is 4.79 Å². The van der Waals surface area contributed by atoms with Crippen LogP contribution >= 0.6 is 0 Å². The molecular formula is C11H13N5O. The van der Waals surface area contributed by atoms with Crippen LogP contribution in [0.15, 0.2) is 12.3 Å². The van der Waals surface area contributed by atoms with Crippen molar-refractivity contribution < 1.29 is 4.79 Å². The normalized spacial score (nSPS) is 18.5. The summed E-state index contributed by atoms with van der Waals surface area (Å²) in [5.74, 6) is 0.564. The van der Waals surface area contributed by atoms with Crippen LogP contribution in [0, 0.1) is 11.3 Å².